The summed E-state index contributed by atoms with van der Waals surface area (Å²) in [7, 11) is 0. The minimum absolute atomic E-state index is 0.273. The average Bonchev–Trinajstić information content (AvgIpc) is 3.12. The number of hydrogen-bond donors (Lipinski definition) is 0. The lowest BCUT2D eigenvalue weighted by molar-refractivity contribution is 0.612. The molecule has 0 atom stereocenters. The zero-order valence-electron chi connectivity index (χ0n) is 15.6. The minimum atomic E-state index is -0.273. The Kier molecular flexibility index (Phi) is 4.76. The first-order chi connectivity index (χ1) is 13.2. The third-order valence-electron chi connectivity index (χ3n) is 4.88. The van der Waals surface area contributed by atoms with Gasteiger partial charge in [-0.15, -0.1) is 0 Å². The summed E-state index contributed by atoms with van der Waals surface area (Å²) in [4.78, 5) is 4.56. The maximum atomic E-state index is 14.8. The molecule has 1 heterocycles. The molecule has 0 saturated heterocycles. The van der Waals surface area contributed by atoms with Gasteiger partial charge in [-0.1, -0.05) is 56.7 Å². The summed E-state index contributed by atoms with van der Waals surface area (Å²) in [6, 6.07) is 19.2. The molecule has 0 aliphatic heterocycles. The van der Waals surface area contributed by atoms with Crippen LogP contribution in [0.4, 0.5) is 4.39 Å². The fourth-order valence-electron chi connectivity index (χ4n) is 3.34. The van der Waals surface area contributed by atoms with Crippen molar-refractivity contribution < 1.29 is 8.81 Å². The van der Waals surface area contributed by atoms with E-state index in [2.05, 4.69) is 24.9 Å². The van der Waals surface area contributed by atoms with Crippen LogP contribution in [0.3, 0.4) is 0 Å². The maximum Gasteiger partial charge on any atom is 0.227 e. The molecule has 0 spiro atoms. The second kappa shape index (κ2) is 7.36. The Hall–Kier alpha value is -2.94. The van der Waals surface area contributed by atoms with Gasteiger partial charge < -0.3 is 4.42 Å². The Morgan fingerprint density at radius 2 is 1.59 bits per heavy atom. The third-order valence-corrected chi connectivity index (χ3v) is 4.88. The summed E-state index contributed by atoms with van der Waals surface area (Å²) >= 11 is 0. The molecule has 0 fully saturated rings. The van der Waals surface area contributed by atoms with E-state index in [1.54, 1.807) is 6.07 Å². The Morgan fingerprint density at radius 3 is 2.30 bits per heavy atom. The van der Waals surface area contributed by atoms with Gasteiger partial charge in [0.2, 0.25) is 5.89 Å². The topological polar surface area (TPSA) is 26.0 Å². The van der Waals surface area contributed by atoms with Gasteiger partial charge in [0.1, 0.15) is 11.3 Å². The number of aryl methyl sites for hydroxylation is 2. The first kappa shape index (κ1) is 17.5. The minimum Gasteiger partial charge on any atom is -0.436 e. The average molecular weight is 359 g/mol. The normalized spacial score (nSPS) is 11.2. The van der Waals surface area contributed by atoms with E-state index in [0.717, 1.165) is 35.9 Å². The second-order valence-electron chi connectivity index (χ2n) is 6.82. The number of benzene rings is 3. The molecule has 3 aromatic carbocycles. The molecule has 0 aliphatic rings. The summed E-state index contributed by atoms with van der Waals surface area (Å²) < 4.78 is 20.6. The molecule has 0 unspecified atom stereocenters. The molecule has 0 N–H and O–H groups in total. The monoisotopic (exact) mass is 359 g/mol. The van der Waals surface area contributed by atoms with E-state index in [-0.39, 0.29) is 5.82 Å². The van der Waals surface area contributed by atoms with Crippen LogP contribution in [0.1, 0.15) is 31.4 Å². The van der Waals surface area contributed by atoms with Crippen molar-refractivity contribution >= 4 is 11.1 Å². The van der Waals surface area contributed by atoms with E-state index >= 15 is 0 Å². The van der Waals surface area contributed by atoms with Gasteiger partial charge in [-0.2, -0.15) is 0 Å². The fraction of sp³-hybridized carbons (Fsp3) is 0.208. The van der Waals surface area contributed by atoms with Gasteiger partial charge in [0, 0.05) is 11.1 Å². The molecule has 1 aromatic heterocycles. The van der Waals surface area contributed by atoms with Gasteiger partial charge in [0.25, 0.3) is 0 Å². The first-order valence-corrected chi connectivity index (χ1v) is 9.46. The lowest BCUT2D eigenvalue weighted by atomic mass is 10.0. The predicted octanol–water partition coefficient (Wildman–Crippen LogP) is 6.82. The van der Waals surface area contributed by atoms with Crippen molar-refractivity contribution in [3.63, 3.8) is 0 Å². The Bertz CT molecular complexity index is 1080. The van der Waals surface area contributed by atoms with Crippen molar-refractivity contribution in [3.8, 4) is 22.6 Å². The number of aromatic nitrogens is 1. The third kappa shape index (κ3) is 3.50. The maximum absolute atomic E-state index is 14.8. The quantitative estimate of drug-likeness (QED) is 0.391. The van der Waals surface area contributed by atoms with Crippen LogP contribution in [0.25, 0.3) is 33.7 Å². The largest absolute Gasteiger partial charge is 0.436 e. The highest BCUT2D eigenvalue weighted by atomic mass is 19.1. The van der Waals surface area contributed by atoms with E-state index < -0.39 is 0 Å². The van der Waals surface area contributed by atoms with Crippen molar-refractivity contribution in [2.24, 2.45) is 0 Å². The van der Waals surface area contributed by atoms with Crippen molar-refractivity contribution in [2.45, 2.75) is 33.1 Å². The molecule has 0 amide bonds. The Labute approximate surface area is 158 Å². The van der Waals surface area contributed by atoms with Gasteiger partial charge in [-0.05, 0) is 53.8 Å². The molecule has 2 nitrogen and oxygen atoms in total. The standard InChI is InChI=1S/C24H22FNO/c1-3-5-17-8-13-23-22(14-17)26-24(27-23)19-11-12-20(21(25)15-19)18-9-6-16(4-2)7-10-18/h6-15H,3-5H2,1-2H3. The summed E-state index contributed by atoms with van der Waals surface area (Å²) in [6.07, 6.45) is 3.07. The van der Waals surface area contributed by atoms with Crippen LogP contribution < -0.4 is 0 Å². The summed E-state index contributed by atoms with van der Waals surface area (Å²) in [5.41, 5.74) is 6.13. The number of hydrogen-bond acceptors (Lipinski definition) is 2. The molecule has 4 rings (SSSR count). The van der Waals surface area contributed by atoms with Crippen molar-refractivity contribution in [1.29, 1.82) is 0 Å². The molecule has 136 valence electrons. The predicted molar refractivity (Wildman–Crippen MR) is 108 cm³/mol. The smallest absolute Gasteiger partial charge is 0.227 e. The van der Waals surface area contributed by atoms with Crippen LogP contribution in [0.2, 0.25) is 0 Å². The highest BCUT2D eigenvalue weighted by Gasteiger charge is 2.12. The van der Waals surface area contributed by atoms with E-state index in [1.807, 2.05) is 42.5 Å². The van der Waals surface area contributed by atoms with Crippen molar-refractivity contribution in [3.05, 3.63) is 77.6 Å². The molecule has 27 heavy (non-hydrogen) atoms. The Balaban J connectivity index is 1.68. The van der Waals surface area contributed by atoms with Gasteiger partial charge in [0.15, 0.2) is 5.58 Å². The van der Waals surface area contributed by atoms with Gasteiger partial charge in [0.05, 0.1) is 0 Å². The fourth-order valence-corrected chi connectivity index (χ4v) is 3.34. The molecule has 4 aromatic rings. The molecule has 0 saturated carbocycles. The van der Waals surface area contributed by atoms with Crippen molar-refractivity contribution in [1.82, 2.24) is 4.98 Å². The van der Waals surface area contributed by atoms with Crippen LogP contribution in [0.15, 0.2) is 65.1 Å². The van der Waals surface area contributed by atoms with Gasteiger partial charge in [-0.3, -0.25) is 0 Å². The van der Waals surface area contributed by atoms with Gasteiger partial charge in [-0.25, -0.2) is 9.37 Å². The zero-order valence-corrected chi connectivity index (χ0v) is 15.6. The number of fused-ring (bicyclic) bond motifs is 1. The van der Waals surface area contributed by atoms with E-state index in [4.69, 9.17) is 4.42 Å². The molecule has 3 heteroatoms. The van der Waals surface area contributed by atoms with E-state index in [1.165, 1.54) is 17.2 Å². The number of halogens is 1. The number of oxazole rings is 1. The summed E-state index contributed by atoms with van der Waals surface area (Å²) in [5.74, 6) is 0.177. The Morgan fingerprint density at radius 1 is 0.852 bits per heavy atom. The van der Waals surface area contributed by atoms with Crippen LogP contribution >= 0.6 is 0 Å². The van der Waals surface area contributed by atoms with Crippen LogP contribution in [-0.2, 0) is 12.8 Å². The molecule has 0 radical (unpaired) electrons. The second-order valence-corrected chi connectivity index (χ2v) is 6.82. The lowest BCUT2D eigenvalue weighted by Crippen LogP contribution is -1.88. The summed E-state index contributed by atoms with van der Waals surface area (Å²) in [6.45, 7) is 4.26. The highest BCUT2D eigenvalue weighted by Crippen LogP contribution is 2.30. The zero-order chi connectivity index (χ0) is 18.8. The molecule has 0 aliphatic carbocycles. The van der Waals surface area contributed by atoms with Crippen LogP contribution in [-0.4, -0.2) is 4.98 Å². The molecule has 0 bridgehead atoms. The van der Waals surface area contributed by atoms with Crippen LogP contribution in [0.5, 0.6) is 0 Å². The number of rotatable bonds is 5. The highest BCUT2D eigenvalue weighted by molar-refractivity contribution is 5.77. The first-order valence-electron chi connectivity index (χ1n) is 9.46. The molecular formula is C24H22FNO. The van der Waals surface area contributed by atoms with E-state index in [0.29, 0.717) is 17.0 Å². The number of nitrogens with zero attached hydrogens (tertiary/aromatic N) is 1. The van der Waals surface area contributed by atoms with E-state index in [9.17, 15) is 4.39 Å². The molecular weight excluding hydrogens is 337 g/mol. The summed E-state index contributed by atoms with van der Waals surface area (Å²) in [5, 5.41) is 0. The van der Waals surface area contributed by atoms with Gasteiger partial charge >= 0.3 is 0 Å². The SMILES string of the molecule is CCCc1ccc2oc(-c3ccc(-c4ccc(CC)cc4)c(F)c3)nc2c1. The van der Waals surface area contributed by atoms with Crippen LogP contribution in [0, 0.1) is 5.82 Å². The lowest BCUT2D eigenvalue weighted by Gasteiger charge is -2.06. The van der Waals surface area contributed by atoms with Crippen molar-refractivity contribution in [2.75, 3.05) is 0 Å².